The molecule has 1 aromatic heterocycles. The maximum absolute atomic E-state index is 5.29. The van der Waals surface area contributed by atoms with Crippen LogP contribution < -0.4 is 0 Å². The fourth-order valence-electron chi connectivity index (χ4n) is 2.15. The maximum Gasteiger partial charge on any atom is 0.133 e. The summed E-state index contributed by atoms with van der Waals surface area (Å²) >= 11 is 5.29. The van der Waals surface area contributed by atoms with Crippen molar-refractivity contribution in [1.82, 2.24) is 9.97 Å². The van der Waals surface area contributed by atoms with E-state index in [1.54, 1.807) is 6.33 Å². The maximum atomic E-state index is 5.29. The molecule has 0 bridgehead atoms. The van der Waals surface area contributed by atoms with E-state index < -0.39 is 0 Å². The Balaban J connectivity index is 2.49. The van der Waals surface area contributed by atoms with E-state index in [0.717, 1.165) is 17.7 Å². The number of nitrogens with zero attached hydrogens (tertiary/aromatic N) is 1. The molecule has 0 aliphatic carbocycles. The summed E-state index contributed by atoms with van der Waals surface area (Å²) in [5, 5.41) is 0. The SMILES string of the molecule is CCc1c(-c2ccc(C(C)(C)C)cc2)[nH]cnc1=S. The van der Waals surface area contributed by atoms with E-state index in [2.05, 4.69) is 61.9 Å². The van der Waals surface area contributed by atoms with Gasteiger partial charge in [-0.25, -0.2) is 4.98 Å². The van der Waals surface area contributed by atoms with Crippen LogP contribution in [0.1, 0.15) is 38.8 Å². The van der Waals surface area contributed by atoms with Gasteiger partial charge in [0.1, 0.15) is 4.64 Å². The largest absolute Gasteiger partial charge is 0.346 e. The zero-order valence-electron chi connectivity index (χ0n) is 11.9. The molecule has 0 radical (unpaired) electrons. The van der Waals surface area contributed by atoms with Gasteiger partial charge in [-0.2, -0.15) is 0 Å². The average molecular weight is 272 g/mol. The Hall–Kier alpha value is -1.48. The van der Waals surface area contributed by atoms with Gasteiger partial charge in [0, 0.05) is 5.56 Å². The van der Waals surface area contributed by atoms with Crippen LogP contribution in [0.5, 0.6) is 0 Å². The van der Waals surface area contributed by atoms with Gasteiger partial charge in [0.25, 0.3) is 0 Å². The molecule has 0 aliphatic rings. The number of nitrogens with one attached hydrogen (secondary N) is 1. The van der Waals surface area contributed by atoms with Crippen LogP contribution in [0.15, 0.2) is 30.6 Å². The van der Waals surface area contributed by atoms with Gasteiger partial charge in [-0.15, -0.1) is 0 Å². The van der Waals surface area contributed by atoms with Gasteiger partial charge < -0.3 is 4.98 Å². The molecule has 1 heterocycles. The van der Waals surface area contributed by atoms with Gasteiger partial charge in [0.2, 0.25) is 0 Å². The second kappa shape index (κ2) is 5.25. The van der Waals surface area contributed by atoms with Crippen molar-refractivity contribution >= 4 is 12.2 Å². The third kappa shape index (κ3) is 2.92. The highest BCUT2D eigenvalue weighted by Gasteiger charge is 2.14. The molecule has 2 rings (SSSR count). The Morgan fingerprint density at radius 3 is 2.32 bits per heavy atom. The van der Waals surface area contributed by atoms with E-state index in [0.29, 0.717) is 4.64 Å². The highest BCUT2D eigenvalue weighted by Crippen LogP contribution is 2.27. The summed E-state index contributed by atoms with van der Waals surface area (Å²) in [6.07, 6.45) is 2.56. The molecule has 2 nitrogen and oxygen atoms in total. The summed E-state index contributed by atoms with van der Waals surface area (Å²) in [5.74, 6) is 0. The van der Waals surface area contributed by atoms with Crippen LogP contribution in [0.25, 0.3) is 11.3 Å². The third-order valence-corrected chi connectivity index (χ3v) is 3.70. The zero-order valence-corrected chi connectivity index (χ0v) is 12.8. The first-order chi connectivity index (χ1) is 8.93. The fraction of sp³-hybridized carbons (Fsp3) is 0.375. The summed E-state index contributed by atoms with van der Waals surface area (Å²) < 4.78 is 0.691. The van der Waals surface area contributed by atoms with Crippen molar-refractivity contribution < 1.29 is 0 Å². The van der Waals surface area contributed by atoms with E-state index >= 15 is 0 Å². The first-order valence-electron chi connectivity index (χ1n) is 6.61. The average Bonchev–Trinajstić information content (AvgIpc) is 2.37. The molecule has 1 aromatic carbocycles. The molecule has 0 fully saturated rings. The van der Waals surface area contributed by atoms with Gasteiger partial charge in [0.15, 0.2) is 0 Å². The highest BCUT2D eigenvalue weighted by molar-refractivity contribution is 7.71. The molecule has 0 atom stereocenters. The van der Waals surface area contributed by atoms with Crippen LogP contribution in [-0.2, 0) is 11.8 Å². The van der Waals surface area contributed by atoms with Crippen LogP contribution in [0.4, 0.5) is 0 Å². The predicted octanol–water partition coefficient (Wildman–Crippen LogP) is 4.67. The van der Waals surface area contributed by atoms with Crippen molar-refractivity contribution in [2.45, 2.75) is 39.5 Å². The Morgan fingerprint density at radius 2 is 1.79 bits per heavy atom. The molecule has 0 amide bonds. The van der Waals surface area contributed by atoms with Crippen molar-refractivity contribution in [3.05, 3.63) is 46.4 Å². The van der Waals surface area contributed by atoms with Crippen LogP contribution >= 0.6 is 12.2 Å². The van der Waals surface area contributed by atoms with Crippen LogP contribution in [0.3, 0.4) is 0 Å². The smallest absolute Gasteiger partial charge is 0.133 e. The topological polar surface area (TPSA) is 28.7 Å². The van der Waals surface area contributed by atoms with E-state index in [1.807, 2.05) is 0 Å². The molecule has 0 aliphatic heterocycles. The van der Waals surface area contributed by atoms with Crippen molar-refractivity contribution in [3.8, 4) is 11.3 Å². The Labute approximate surface area is 119 Å². The summed E-state index contributed by atoms with van der Waals surface area (Å²) in [4.78, 5) is 7.38. The molecule has 0 spiro atoms. The summed E-state index contributed by atoms with van der Waals surface area (Å²) in [6, 6.07) is 8.68. The quantitative estimate of drug-likeness (QED) is 0.805. The fourth-order valence-corrected chi connectivity index (χ4v) is 2.45. The molecular formula is C16H20N2S. The molecule has 100 valence electrons. The summed E-state index contributed by atoms with van der Waals surface area (Å²) in [7, 11) is 0. The molecule has 2 aromatic rings. The number of aromatic nitrogens is 2. The number of benzene rings is 1. The monoisotopic (exact) mass is 272 g/mol. The summed E-state index contributed by atoms with van der Waals surface area (Å²) in [5.41, 5.74) is 4.88. The first-order valence-corrected chi connectivity index (χ1v) is 7.01. The molecule has 0 saturated heterocycles. The minimum Gasteiger partial charge on any atom is -0.346 e. The number of H-pyrrole nitrogens is 1. The van der Waals surface area contributed by atoms with Gasteiger partial charge in [0.05, 0.1) is 12.0 Å². The lowest BCUT2D eigenvalue weighted by Gasteiger charge is -2.19. The third-order valence-electron chi connectivity index (χ3n) is 3.34. The van der Waals surface area contributed by atoms with Crippen LogP contribution in [0.2, 0.25) is 0 Å². The normalized spacial score (nSPS) is 11.6. The van der Waals surface area contributed by atoms with Crippen molar-refractivity contribution in [2.24, 2.45) is 0 Å². The van der Waals surface area contributed by atoms with Gasteiger partial charge in [-0.05, 0) is 23.0 Å². The number of hydrogen-bond acceptors (Lipinski definition) is 2. The first kappa shape index (κ1) is 13.9. The second-order valence-electron chi connectivity index (χ2n) is 5.74. The lowest BCUT2D eigenvalue weighted by Crippen LogP contribution is -2.10. The van der Waals surface area contributed by atoms with E-state index in [4.69, 9.17) is 12.2 Å². The van der Waals surface area contributed by atoms with E-state index in [-0.39, 0.29) is 5.41 Å². The molecule has 0 unspecified atom stereocenters. The number of hydrogen-bond donors (Lipinski definition) is 1. The van der Waals surface area contributed by atoms with E-state index in [1.165, 1.54) is 11.1 Å². The standard InChI is InChI=1S/C16H20N2S/c1-5-13-14(17-10-18-15(13)19)11-6-8-12(9-7-11)16(2,3)4/h6-10H,5H2,1-4H3,(H,17,18,19). The van der Waals surface area contributed by atoms with Crippen LogP contribution in [-0.4, -0.2) is 9.97 Å². The van der Waals surface area contributed by atoms with Crippen LogP contribution in [0, 0.1) is 4.64 Å². The van der Waals surface area contributed by atoms with Gasteiger partial charge in [-0.3, -0.25) is 0 Å². The molecule has 19 heavy (non-hydrogen) atoms. The second-order valence-corrected chi connectivity index (χ2v) is 6.13. The Morgan fingerprint density at radius 1 is 1.16 bits per heavy atom. The molecule has 1 N–H and O–H groups in total. The zero-order chi connectivity index (χ0) is 14.0. The highest BCUT2D eigenvalue weighted by atomic mass is 32.1. The van der Waals surface area contributed by atoms with E-state index in [9.17, 15) is 0 Å². The Bertz CT molecular complexity index is 618. The van der Waals surface area contributed by atoms with Gasteiger partial charge in [-0.1, -0.05) is 64.2 Å². The lowest BCUT2D eigenvalue weighted by atomic mass is 9.86. The van der Waals surface area contributed by atoms with Crippen molar-refractivity contribution in [3.63, 3.8) is 0 Å². The minimum absolute atomic E-state index is 0.178. The number of aromatic amines is 1. The minimum atomic E-state index is 0.178. The van der Waals surface area contributed by atoms with Crippen molar-refractivity contribution in [1.29, 1.82) is 0 Å². The summed E-state index contributed by atoms with van der Waals surface area (Å²) in [6.45, 7) is 8.77. The lowest BCUT2D eigenvalue weighted by molar-refractivity contribution is 0.590. The predicted molar refractivity (Wildman–Crippen MR) is 82.9 cm³/mol. The Kier molecular flexibility index (Phi) is 3.85. The van der Waals surface area contributed by atoms with Gasteiger partial charge >= 0.3 is 0 Å². The molecule has 3 heteroatoms. The molecule has 0 saturated carbocycles. The molecular weight excluding hydrogens is 252 g/mol. The number of rotatable bonds is 2. The van der Waals surface area contributed by atoms with Crippen molar-refractivity contribution in [2.75, 3.05) is 0 Å².